The molecule has 0 aliphatic heterocycles. The van der Waals surface area contributed by atoms with E-state index >= 15 is 0 Å². The summed E-state index contributed by atoms with van der Waals surface area (Å²) in [5.74, 6) is 0.283. The maximum Gasteiger partial charge on any atom is 0.357 e. The molecule has 0 unspecified atom stereocenters. The lowest BCUT2D eigenvalue weighted by atomic mass is 10.2. The molecule has 0 amide bonds. The van der Waals surface area contributed by atoms with E-state index in [-0.39, 0.29) is 5.69 Å². The predicted molar refractivity (Wildman–Crippen MR) is 47.3 cm³/mol. The molecular formula is C8H11N3O2. The largest absolute Gasteiger partial charge is 0.464 e. The first-order valence-electron chi connectivity index (χ1n) is 3.75. The van der Waals surface area contributed by atoms with Gasteiger partial charge in [-0.2, -0.15) is 0 Å². The third-order valence-electron chi connectivity index (χ3n) is 1.67. The van der Waals surface area contributed by atoms with E-state index in [1.807, 2.05) is 0 Å². The summed E-state index contributed by atoms with van der Waals surface area (Å²) >= 11 is 0. The highest BCUT2D eigenvalue weighted by molar-refractivity contribution is 5.89. The number of ether oxygens (including phenoxy) is 1. The number of aryl methyl sites for hydroxylation is 1. The highest BCUT2D eigenvalue weighted by Crippen LogP contribution is 2.12. The number of hydrogen-bond acceptors (Lipinski definition) is 5. The zero-order valence-electron chi connectivity index (χ0n) is 7.79. The van der Waals surface area contributed by atoms with Gasteiger partial charge in [-0.1, -0.05) is 0 Å². The smallest absolute Gasteiger partial charge is 0.357 e. The van der Waals surface area contributed by atoms with Crippen LogP contribution in [0, 0.1) is 13.8 Å². The van der Waals surface area contributed by atoms with E-state index in [0.29, 0.717) is 17.2 Å². The number of rotatable bonds is 1. The number of carbonyl (C=O) groups excluding carboxylic acids is 1. The molecule has 0 fully saturated rings. The average molecular weight is 181 g/mol. The highest BCUT2D eigenvalue weighted by Gasteiger charge is 2.14. The van der Waals surface area contributed by atoms with Crippen LogP contribution in [-0.2, 0) is 4.74 Å². The van der Waals surface area contributed by atoms with E-state index in [4.69, 9.17) is 5.73 Å². The van der Waals surface area contributed by atoms with Gasteiger partial charge in [-0.05, 0) is 13.8 Å². The number of nitrogens with zero attached hydrogens (tertiary/aromatic N) is 2. The second kappa shape index (κ2) is 3.38. The van der Waals surface area contributed by atoms with Crippen LogP contribution in [-0.4, -0.2) is 23.0 Å². The van der Waals surface area contributed by atoms with Crippen molar-refractivity contribution in [2.24, 2.45) is 0 Å². The minimum atomic E-state index is -0.491. The van der Waals surface area contributed by atoms with Crippen molar-refractivity contribution in [2.75, 3.05) is 12.8 Å². The van der Waals surface area contributed by atoms with Crippen LogP contribution in [0.5, 0.6) is 0 Å². The van der Waals surface area contributed by atoms with Gasteiger partial charge in [-0.25, -0.2) is 14.8 Å². The number of methoxy groups -OCH3 is 1. The van der Waals surface area contributed by atoms with Gasteiger partial charge >= 0.3 is 5.97 Å². The third kappa shape index (κ3) is 1.74. The molecule has 70 valence electrons. The minimum Gasteiger partial charge on any atom is -0.464 e. The summed E-state index contributed by atoms with van der Waals surface area (Å²) in [5.41, 5.74) is 6.34. The molecule has 0 atom stereocenters. The Morgan fingerprint density at radius 3 is 2.54 bits per heavy atom. The quantitative estimate of drug-likeness (QED) is 0.637. The number of nitrogen functional groups attached to an aromatic ring is 1. The number of carbonyl (C=O) groups is 1. The summed E-state index contributed by atoms with van der Waals surface area (Å²) in [6.07, 6.45) is 0. The third-order valence-corrected chi connectivity index (χ3v) is 1.67. The lowest BCUT2D eigenvalue weighted by Crippen LogP contribution is -2.11. The molecule has 5 nitrogen and oxygen atoms in total. The standard InChI is InChI=1S/C8H11N3O2/c1-4-6(8(12)13-3)10-5(2)11-7(4)9/h1-3H3,(H2,9,10,11). The SMILES string of the molecule is COC(=O)c1nc(C)nc(N)c1C. The van der Waals surface area contributed by atoms with E-state index in [2.05, 4.69) is 14.7 Å². The molecular weight excluding hydrogens is 170 g/mol. The van der Waals surface area contributed by atoms with E-state index in [1.165, 1.54) is 7.11 Å². The Balaban J connectivity index is 3.28. The molecule has 13 heavy (non-hydrogen) atoms. The molecule has 0 aliphatic rings. The Hall–Kier alpha value is -1.65. The molecule has 0 saturated carbocycles. The van der Waals surface area contributed by atoms with Crippen LogP contribution < -0.4 is 5.73 Å². The van der Waals surface area contributed by atoms with Crippen LogP contribution in [0.1, 0.15) is 21.9 Å². The van der Waals surface area contributed by atoms with Crippen molar-refractivity contribution in [3.8, 4) is 0 Å². The van der Waals surface area contributed by atoms with Crippen LogP contribution in [0.25, 0.3) is 0 Å². The fourth-order valence-corrected chi connectivity index (χ4v) is 0.946. The first-order chi connectivity index (χ1) is 6.06. The molecule has 1 heterocycles. The molecule has 0 aromatic carbocycles. The topological polar surface area (TPSA) is 78.1 Å². The summed E-state index contributed by atoms with van der Waals surface area (Å²) in [6, 6.07) is 0. The van der Waals surface area contributed by atoms with Crippen molar-refractivity contribution in [3.63, 3.8) is 0 Å². The van der Waals surface area contributed by atoms with Crippen LogP contribution in [0.2, 0.25) is 0 Å². The summed E-state index contributed by atoms with van der Waals surface area (Å²) in [6.45, 7) is 3.35. The molecule has 0 radical (unpaired) electrons. The van der Waals surface area contributed by atoms with Gasteiger partial charge in [0.15, 0.2) is 5.69 Å². The lowest BCUT2D eigenvalue weighted by Gasteiger charge is -2.05. The molecule has 5 heteroatoms. The molecule has 1 rings (SSSR count). The molecule has 0 bridgehead atoms. The van der Waals surface area contributed by atoms with E-state index in [9.17, 15) is 4.79 Å². The van der Waals surface area contributed by atoms with Crippen LogP contribution in [0.3, 0.4) is 0 Å². The van der Waals surface area contributed by atoms with E-state index in [1.54, 1.807) is 13.8 Å². The van der Waals surface area contributed by atoms with Gasteiger partial charge in [0.05, 0.1) is 7.11 Å². The van der Waals surface area contributed by atoms with Crippen LogP contribution in [0.4, 0.5) is 5.82 Å². The zero-order chi connectivity index (χ0) is 10.0. The maximum absolute atomic E-state index is 11.2. The Bertz CT molecular complexity index is 349. The molecule has 1 aromatic heterocycles. The van der Waals surface area contributed by atoms with Crippen molar-refractivity contribution in [2.45, 2.75) is 13.8 Å². The number of anilines is 1. The fourth-order valence-electron chi connectivity index (χ4n) is 0.946. The summed E-state index contributed by atoms with van der Waals surface area (Å²) in [7, 11) is 1.30. The van der Waals surface area contributed by atoms with Gasteiger partial charge in [0.2, 0.25) is 0 Å². The minimum absolute atomic E-state index is 0.229. The van der Waals surface area contributed by atoms with Crippen molar-refractivity contribution >= 4 is 11.8 Å². The number of aromatic nitrogens is 2. The second-order valence-corrected chi connectivity index (χ2v) is 2.62. The Morgan fingerprint density at radius 1 is 1.38 bits per heavy atom. The van der Waals surface area contributed by atoms with Crippen molar-refractivity contribution in [1.82, 2.24) is 9.97 Å². The van der Waals surface area contributed by atoms with Gasteiger partial charge in [0.1, 0.15) is 11.6 Å². The van der Waals surface area contributed by atoms with Gasteiger partial charge in [-0.15, -0.1) is 0 Å². The van der Waals surface area contributed by atoms with Crippen molar-refractivity contribution in [1.29, 1.82) is 0 Å². The van der Waals surface area contributed by atoms with Gasteiger partial charge < -0.3 is 10.5 Å². The maximum atomic E-state index is 11.2. The monoisotopic (exact) mass is 181 g/mol. The number of hydrogen-bond donors (Lipinski definition) is 1. The van der Waals surface area contributed by atoms with Crippen LogP contribution in [0.15, 0.2) is 0 Å². The second-order valence-electron chi connectivity index (χ2n) is 2.62. The lowest BCUT2D eigenvalue weighted by molar-refractivity contribution is 0.0592. The highest BCUT2D eigenvalue weighted by atomic mass is 16.5. The molecule has 0 spiro atoms. The van der Waals surface area contributed by atoms with E-state index < -0.39 is 5.97 Å². The first kappa shape index (κ1) is 9.44. The Kier molecular flexibility index (Phi) is 2.46. The number of nitrogens with two attached hydrogens (primary N) is 1. The summed E-state index contributed by atoms with van der Waals surface area (Å²) < 4.78 is 4.54. The molecule has 0 saturated heterocycles. The van der Waals surface area contributed by atoms with Gasteiger partial charge in [0, 0.05) is 5.56 Å². The molecule has 1 aromatic rings. The van der Waals surface area contributed by atoms with Gasteiger partial charge in [0.25, 0.3) is 0 Å². The van der Waals surface area contributed by atoms with Gasteiger partial charge in [-0.3, -0.25) is 0 Å². The Labute approximate surface area is 75.9 Å². The normalized spacial score (nSPS) is 9.77. The Morgan fingerprint density at radius 2 is 2.00 bits per heavy atom. The van der Waals surface area contributed by atoms with E-state index in [0.717, 1.165) is 0 Å². The fraction of sp³-hybridized carbons (Fsp3) is 0.375. The molecule has 2 N–H and O–H groups in total. The van der Waals surface area contributed by atoms with Crippen LogP contribution >= 0.6 is 0 Å². The van der Waals surface area contributed by atoms with Crippen molar-refractivity contribution in [3.05, 3.63) is 17.1 Å². The number of esters is 1. The van der Waals surface area contributed by atoms with Crippen molar-refractivity contribution < 1.29 is 9.53 Å². The molecule has 0 aliphatic carbocycles. The first-order valence-corrected chi connectivity index (χ1v) is 3.75. The zero-order valence-corrected chi connectivity index (χ0v) is 7.79. The summed E-state index contributed by atoms with van der Waals surface area (Å²) in [5, 5.41) is 0. The summed E-state index contributed by atoms with van der Waals surface area (Å²) in [4.78, 5) is 19.0. The average Bonchev–Trinajstić information content (AvgIpc) is 2.10. The predicted octanol–water partition coefficient (Wildman–Crippen LogP) is 0.462.